The lowest BCUT2D eigenvalue weighted by atomic mass is 9.95. The lowest BCUT2D eigenvalue weighted by molar-refractivity contribution is -0.147. The van der Waals surface area contributed by atoms with Crippen molar-refractivity contribution in [2.24, 2.45) is 0 Å². The Labute approximate surface area is 76.8 Å². The van der Waals surface area contributed by atoms with E-state index < -0.39 is 11.8 Å². The molecule has 0 fully saturated rings. The molecule has 1 aliphatic carbocycles. The summed E-state index contributed by atoms with van der Waals surface area (Å²) in [6.07, 6.45) is 6.80. The number of aliphatic carboxylic acids is 1. The van der Waals surface area contributed by atoms with Crippen molar-refractivity contribution in [2.75, 3.05) is 0 Å². The zero-order chi connectivity index (χ0) is 9.84. The number of ketones is 1. The second-order valence-electron chi connectivity index (χ2n) is 2.88. The van der Waals surface area contributed by atoms with Crippen LogP contribution in [0.15, 0.2) is 17.2 Å². The van der Waals surface area contributed by atoms with Gasteiger partial charge in [-0.1, -0.05) is 18.6 Å². The van der Waals surface area contributed by atoms with Crippen molar-refractivity contribution in [3.05, 3.63) is 23.3 Å². The van der Waals surface area contributed by atoms with Crippen LogP contribution in [-0.4, -0.2) is 16.9 Å². The van der Waals surface area contributed by atoms with E-state index in [1.807, 2.05) is 6.92 Å². The molecular weight excluding hydrogens is 168 g/mol. The van der Waals surface area contributed by atoms with Crippen LogP contribution >= 0.6 is 0 Å². The van der Waals surface area contributed by atoms with Gasteiger partial charge in [0.15, 0.2) is 0 Å². The van der Waals surface area contributed by atoms with E-state index in [0.29, 0.717) is 6.42 Å². The van der Waals surface area contributed by atoms with Crippen molar-refractivity contribution in [2.45, 2.75) is 26.2 Å². The van der Waals surface area contributed by atoms with Crippen LogP contribution in [0.5, 0.6) is 0 Å². The molecule has 0 saturated heterocycles. The fourth-order valence-corrected chi connectivity index (χ4v) is 1.22. The van der Waals surface area contributed by atoms with Crippen LogP contribution < -0.4 is 0 Å². The predicted octanol–water partition coefficient (Wildman–Crippen LogP) is 1.50. The number of Topliss-reactive ketones (excluding diaryl/α,β-unsaturated/α-hetero) is 1. The normalized spacial score (nSPS) is 16.1. The summed E-state index contributed by atoms with van der Waals surface area (Å²) in [7, 11) is 0. The molecule has 0 heterocycles. The molecule has 0 saturated carbocycles. The summed E-state index contributed by atoms with van der Waals surface area (Å²) in [6, 6.07) is 0. The Kier molecular flexibility index (Phi) is 3.01. The summed E-state index contributed by atoms with van der Waals surface area (Å²) in [5.41, 5.74) is 1.32. The Hall–Kier alpha value is -1.38. The molecule has 0 spiro atoms. The summed E-state index contributed by atoms with van der Waals surface area (Å²) < 4.78 is 0. The van der Waals surface area contributed by atoms with Gasteiger partial charge in [0.05, 0.1) is 0 Å². The first kappa shape index (κ1) is 9.71. The minimum Gasteiger partial charge on any atom is -0.475 e. The molecule has 0 aromatic rings. The molecule has 0 atom stereocenters. The topological polar surface area (TPSA) is 54.4 Å². The third kappa shape index (κ3) is 2.28. The number of carboxylic acids is 1. The highest BCUT2D eigenvalue weighted by molar-refractivity contribution is 6.40. The summed E-state index contributed by atoms with van der Waals surface area (Å²) in [6.45, 7) is 1.99. The summed E-state index contributed by atoms with van der Waals surface area (Å²) in [4.78, 5) is 21.4. The molecule has 0 bridgehead atoms. The first-order valence-electron chi connectivity index (χ1n) is 4.23. The van der Waals surface area contributed by atoms with Crippen LogP contribution in [0, 0.1) is 6.08 Å². The SMILES string of the molecule is CCC1=CC(C(=O)C(=O)O)=[C]CC1. The smallest absolute Gasteiger partial charge is 0.377 e. The minimum absolute atomic E-state index is 0.204. The van der Waals surface area contributed by atoms with E-state index in [2.05, 4.69) is 6.08 Å². The third-order valence-electron chi connectivity index (χ3n) is 2.00. The fraction of sp³-hybridized carbons (Fsp3) is 0.400. The van der Waals surface area contributed by atoms with Gasteiger partial charge in [0, 0.05) is 5.57 Å². The average Bonchev–Trinajstić information content (AvgIpc) is 2.16. The van der Waals surface area contributed by atoms with Crippen LogP contribution in [0.2, 0.25) is 0 Å². The summed E-state index contributed by atoms with van der Waals surface area (Å²) in [5, 5.41) is 8.45. The first-order chi connectivity index (χ1) is 6.15. The zero-order valence-electron chi connectivity index (χ0n) is 7.46. The largest absolute Gasteiger partial charge is 0.475 e. The third-order valence-corrected chi connectivity index (χ3v) is 2.00. The molecule has 1 aliphatic rings. The Bertz CT molecular complexity index is 297. The van der Waals surface area contributed by atoms with E-state index in [9.17, 15) is 9.59 Å². The molecule has 3 nitrogen and oxygen atoms in total. The van der Waals surface area contributed by atoms with Crippen molar-refractivity contribution >= 4 is 11.8 Å². The molecule has 1 N–H and O–H groups in total. The van der Waals surface area contributed by atoms with Gasteiger partial charge in [-0.05, 0) is 25.3 Å². The molecule has 69 valence electrons. The van der Waals surface area contributed by atoms with Crippen LogP contribution in [0.1, 0.15) is 26.2 Å². The van der Waals surface area contributed by atoms with E-state index in [-0.39, 0.29) is 5.57 Å². The van der Waals surface area contributed by atoms with E-state index in [1.165, 1.54) is 0 Å². The maximum absolute atomic E-state index is 11.0. The molecule has 1 radical (unpaired) electrons. The Morgan fingerprint density at radius 3 is 2.85 bits per heavy atom. The summed E-state index contributed by atoms with van der Waals surface area (Å²) >= 11 is 0. The quantitative estimate of drug-likeness (QED) is 0.668. The average molecular weight is 179 g/mol. The highest BCUT2D eigenvalue weighted by atomic mass is 16.4. The van der Waals surface area contributed by atoms with Crippen molar-refractivity contribution in [1.82, 2.24) is 0 Å². The van der Waals surface area contributed by atoms with E-state index in [0.717, 1.165) is 18.4 Å². The second kappa shape index (κ2) is 4.03. The van der Waals surface area contributed by atoms with Crippen LogP contribution in [0.3, 0.4) is 0 Å². The maximum atomic E-state index is 11.0. The van der Waals surface area contributed by atoms with Crippen molar-refractivity contribution in [3.8, 4) is 0 Å². The highest BCUT2D eigenvalue weighted by Crippen LogP contribution is 2.19. The Balaban J connectivity index is 2.82. The predicted molar refractivity (Wildman–Crippen MR) is 47.0 cm³/mol. The van der Waals surface area contributed by atoms with Gasteiger partial charge in [0.2, 0.25) is 0 Å². The van der Waals surface area contributed by atoms with Gasteiger partial charge in [-0.25, -0.2) is 4.79 Å². The van der Waals surface area contributed by atoms with Crippen molar-refractivity contribution in [1.29, 1.82) is 0 Å². The molecule has 0 aliphatic heterocycles. The van der Waals surface area contributed by atoms with E-state index >= 15 is 0 Å². The standard InChI is InChI=1S/C10H11O3/c1-2-7-4-3-5-8(6-7)9(11)10(12)13/h6H,2-4H2,1H3,(H,12,13). The van der Waals surface area contributed by atoms with Gasteiger partial charge < -0.3 is 5.11 Å². The van der Waals surface area contributed by atoms with Gasteiger partial charge in [-0.15, -0.1) is 0 Å². The van der Waals surface area contributed by atoms with Crippen LogP contribution in [0.4, 0.5) is 0 Å². The number of carboxylic acid groups (broad SMARTS) is 1. The number of allylic oxidation sites excluding steroid dienone is 3. The molecular formula is C10H11O3. The number of rotatable bonds is 3. The lowest BCUT2D eigenvalue weighted by Gasteiger charge is -2.09. The molecule has 0 unspecified atom stereocenters. The first-order valence-corrected chi connectivity index (χ1v) is 4.23. The number of hydrogen-bond acceptors (Lipinski definition) is 2. The summed E-state index contributed by atoms with van der Waals surface area (Å²) in [5.74, 6) is -2.26. The molecule has 0 aromatic carbocycles. The molecule has 1 rings (SSSR count). The van der Waals surface area contributed by atoms with E-state index in [1.54, 1.807) is 6.08 Å². The maximum Gasteiger partial charge on any atom is 0.377 e. The van der Waals surface area contributed by atoms with Crippen LogP contribution in [-0.2, 0) is 9.59 Å². The molecule has 13 heavy (non-hydrogen) atoms. The van der Waals surface area contributed by atoms with Gasteiger partial charge in [-0.3, -0.25) is 4.79 Å². The van der Waals surface area contributed by atoms with Crippen molar-refractivity contribution < 1.29 is 14.7 Å². The highest BCUT2D eigenvalue weighted by Gasteiger charge is 2.18. The van der Waals surface area contributed by atoms with Crippen LogP contribution in [0.25, 0.3) is 0 Å². The second-order valence-corrected chi connectivity index (χ2v) is 2.88. The van der Waals surface area contributed by atoms with Crippen molar-refractivity contribution in [3.63, 3.8) is 0 Å². The van der Waals surface area contributed by atoms with E-state index in [4.69, 9.17) is 5.11 Å². The molecule has 0 aromatic heterocycles. The lowest BCUT2D eigenvalue weighted by Crippen LogP contribution is -2.15. The Morgan fingerprint density at radius 1 is 1.62 bits per heavy atom. The van der Waals surface area contributed by atoms with Gasteiger partial charge in [-0.2, -0.15) is 0 Å². The van der Waals surface area contributed by atoms with Gasteiger partial charge in [0.1, 0.15) is 0 Å². The molecule has 3 heteroatoms. The number of carbonyl (C=O) groups excluding carboxylic acids is 1. The molecule has 0 amide bonds. The van der Waals surface area contributed by atoms with Gasteiger partial charge >= 0.3 is 5.97 Å². The Morgan fingerprint density at radius 2 is 2.31 bits per heavy atom. The monoisotopic (exact) mass is 179 g/mol. The number of carbonyl (C=O) groups is 2. The number of hydrogen-bond donors (Lipinski definition) is 1. The zero-order valence-corrected chi connectivity index (χ0v) is 7.46. The van der Waals surface area contributed by atoms with Gasteiger partial charge in [0.25, 0.3) is 5.78 Å². The fourth-order valence-electron chi connectivity index (χ4n) is 1.22. The minimum atomic E-state index is -1.41.